The molecular formula is C27H53N3O9. The number of amides is 3. The number of unbranched alkanes of at least 4 members (excludes halogenated alkanes) is 1. The molecular weight excluding hydrogens is 510 g/mol. The first-order valence-corrected chi connectivity index (χ1v) is 13.8. The topological polar surface area (TPSA) is 142 Å². The highest BCUT2D eigenvalue weighted by Gasteiger charge is 2.17. The van der Waals surface area contributed by atoms with Crippen LogP contribution in [0.25, 0.3) is 0 Å². The number of carbonyl (C=O) groups is 4. The number of hydrogen-bond acceptors (Lipinski definition) is 9. The average molecular weight is 564 g/mol. The zero-order chi connectivity index (χ0) is 29.9. The number of ether oxygens (including phenoxy) is 5. The van der Waals surface area contributed by atoms with Gasteiger partial charge >= 0.3 is 12.1 Å². The van der Waals surface area contributed by atoms with Gasteiger partial charge in [-0.05, 0) is 40.5 Å². The molecule has 3 amide bonds. The third-order valence-corrected chi connectivity index (χ3v) is 4.81. The Bertz CT molecular complexity index is 655. The molecule has 0 rings (SSSR count). The number of esters is 1. The van der Waals surface area contributed by atoms with Crippen molar-refractivity contribution >= 4 is 23.9 Å². The second-order valence-electron chi connectivity index (χ2n) is 9.46. The molecule has 12 nitrogen and oxygen atoms in total. The summed E-state index contributed by atoms with van der Waals surface area (Å²) in [7, 11) is 3.24. The molecule has 0 aromatic rings. The average Bonchev–Trinajstić information content (AvgIpc) is 2.87. The molecule has 0 atom stereocenters. The Morgan fingerprint density at radius 1 is 0.821 bits per heavy atom. The van der Waals surface area contributed by atoms with E-state index < -0.39 is 11.7 Å². The Kier molecular flexibility index (Phi) is 25.6. The van der Waals surface area contributed by atoms with Gasteiger partial charge in [-0.15, -0.1) is 0 Å². The van der Waals surface area contributed by atoms with Gasteiger partial charge in [-0.25, -0.2) is 4.79 Å². The van der Waals surface area contributed by atoms with Gasteiger partial charge in [0.1, 0.15) is 5.60 Å². The molecule has 0 unspecified atom stereocenters. The summed E-state index contributed by atoms with van der Waals surface area (Å²) in [5.74, 6) is -0.415. The van der Waals surface area contributed by atoms with E-state index in [-0.39, 0.29) is 30.6 Å². The van der Waals surface area contributed by atoms with Crippen LogP contribution in [0.2, 0.25) is 0 Å². The summed E-state index contributed by atoms with van der Waals surface area (Å²) in [6.07, 6.45) is 2.72. The summed E-state index contributed by atoms with van der Waals surface area (Å²) in [5.41, 5.74) is -0.527. The summed E-state index contributed by atoms with van der Waals surface area (Å²) >= 11 is 0. The summed E-state index contributed by atoms with van der Waals surface area (Å²) in [4.78, 5) is 47.7. The van der Waals surface area contributed by atoms with Crippen LogP contribution in [-0.2, 0) is 38.1 Å². The van der Waals surface area contributed by atoms with Gasteiger partial charge in [-0.1, -0.05) is 13.3 Å². The van der Waals surface area contributed by atoms with Crippen LogP contribution in [0.15, 0.2) is 0 Å². The van der Waals surface area contributed by atoms with Gasteiger partial charge in [0.2, 0.25) is 11.8 Å². The van der Waals surface area contributed by atoms with E-state index in [1.54, 1.807) is 46.8 Å². The van der Waals surface area contributed by atoms with Crippen molar-refractivity contribution in [2.45, 2.75) is 78.7 Å². The van der Waals surface area contributed by atoms with Gasteiger partial charge in [0, 0.05) is 46.6 Å². The van der Waals surface area contributed by atoms with E-state index in [9.17, 15) is 19.2 Å². The van der Waals surface area contributed by atoms with Crippen LogP contribution in [0, 0.1) is 0 Å². The fourth-order valence-electron chi connectivity index (χ4n) is 2.84. The molecule has 0 aromatic heterocycles. The summed E-state index contributed by atoms with van der Waals surface area (Å²) in [6.45, 7) is 13.8. The highest BCUT2D eigenvalue weighted by molar-refractivity contribution is 5.81. The lowest BCUT2D eigenvalue weighted by molar-refractivity contribution is -0.145. The van der Waals surface area contributed by atoms with Crippen molar-refractivity contribution in [1.82, 2.24) is 15.5 Å². The third-order valence-electron chi connectivity index (χ3n) is 4.81. The largest absolute Gasteiger partial charge is 0.466 e. The van der Waals surface area contributed by atoms with Crippen LogP contribution in [0.4, 0.5) is 4.79 Å². The Labute approximate surface area is 234 Å². The Hall–Kier alpha value is -2.44. The van der Waals surface area contributed by atoms with Gasteiger partial charge in [-0.3, -0.25) is 14.4 Å². The molecule has 0 spiro atoms. The first-order chi connectivity index (χ1) is 18.5. The lowest BCUT2D eigenvalue weighted by Crippen LogP contribution is -2.37. The summed E-state index contributed by atoms with van der Waals surface area (Å²) in [6, 6.07) is 0. The zero-order valence-corrected chi connectivity index (χ0v) is 25.2. The van der Waals surface area contributed by atoms with Gasteiger partial charge in [-0.2, -0.15) is 0 Å². The van der Waals surface area contributed by atoms with Gasteiger partial charge in [0.25, 0.3) is 0 Å². The number of rotatable bonds is 20. The molecule has 0 aliphatic heterocycles. The molecule has 0 aliphatic rings. The monoisotopic (exact) mass is 563 g/mol. The van der Waals surface area contributed by atoms with E-state index in [2.05, 4.69) is 17.6 Å². The van der Waals surface area contributed by atoms with Crippen LogP contribution >= 0.6 is 0 Å². The molecule has 0 saturated heterocycles. The highest BCUT2D eigenvalue weighted by Crippen LogP contribution is 2.07. The van der Waals surface area contributed by atoms with Crippen molar-refractivity contribution in [1.29, 1.82) is 0 Å². The summed E-state index contributed by atoms with van der Waals surface area (Å²) < 4.78 is 25.1. The Morgan fingerprint density at radius 2 is 1.44 bits per heavy atom. The minimum atomic E-state index is -0.527. The minimum Gasteiger partial charge on any atom is -0.466 e. The van der Waals surface area contributed by atoms with E-state index in [0.717, 1.165) is 12.8 Å². The van der Waals surface area contributed by atoms with Gasteiger partial charge in [0.05, 0.1) is 46.1 Å². The second-order valence-corrected chi connectivity index (χ2v) is 9.46. The Morgan fingerprint density at radius 3 is 2.00 bits per heavy atom. The van der Waals surface area contributed by atoms with Crippen LogP contribution < -0.4 is 10.6 Å². The van der Waals surface area contributed by atoms with Crippen LogP contribution in [0.3, 0.4) is 0 Å². The van der Waals surface area contributed by atoms with E-state index in [1.165, 1.54) is 0 Å². The maximum absolute atomic E-state index is 12.3. The normalized spacial score (nSPS) is 10.6. The van der Waals surface area contributed by atoms with E-state index in [4.69, 9.17) is 23.7 Å². The quantitative estimate of drug-likeness (QED) is 0.169. The van der Waals surface area contributed by atoms with Crippen molar-refractivity contribution in [3.05, 3.63) is 0 Å². The minimum absolute atomic E-state index is 0.00898. The van der Waals surface area contributed by atoms with Gasteiger partial charge < -0.3 is 39.2 Å². The van der Waals surface area contributed by atoms with Crippen molar-refractivity contribution in [2.75, 3.05) is 73.4 Å². The van der Waals surface area contributed by atoms with Crippen LogP contribution in [0.1, 0.15) is 73.1 Å². The maximum Gasteiger partial charge on any atom is 0.407 e. The highest BCUT2D eigenvalue weighted by atomic mass is 16.6. The SMILES string of the molecule is CCCCN(CCCNC(=O)OC(C)(C)C)C(=O)CCC(=O)OCC.CNC(=O)CCOCCOCCOC. The number of alkyl carbamates (subject to hydrolysis) is 1. The number of methoxy groups -OCH3 is 1. The molecule has 0 fully saturated rings. The van der Waals surface area contributed by atoms with Crippen LogP contribution in [-0.4, -0.2) is 108 Å². The van der Waals surface area contributed by atoms with Crippen molar-refractivity contribution in [3.8, 4) is 0 Å². The molecule has 0 aromatic carbocycles. The lowest BCUT2D eigenvalue weighted by atomic mass is 10.2. The second kappa shape index (κ2) is 25.8. The van der Waals surface area contributed by atoms with Crippen molar-refractivity contribution < 1.29 is 42.9 Å². The lowest BCUT2D eigenvalue weighted by Gasteiger charge is -2.23. The number of hydrogen-bond donors (Lipinski definition) is 2. The first kappa shape index (κ1) is 38.7. The van der Waals surface area contributed by atoms with E-state index >= 15 is 0 Å². The van der Waals surface area contributed by atoms with E-state index in [0.29, 0.717) is 72.1 Å². The van der Waals surface area contributed by atoms with Crippen molar-refractivity contribution in [2.24, 2.45) is 0 Å². The fourth-order valence-corrected chi connectivity index (χ4v) is 2.84. The smallest absolute Gasteiger partial charge is 0.407 e. The predicted octanol–water partition coefficient (Wildman–Crippen LogP) is 2.68. The standard InChI is InChI=1S/C18H34N2O5.C9H19NO4/c1-6-8-13-20(15(21)10-11-16(22)24-7-2)14-9-12-19-17(23)25-18(3,4)5;1-10-9(11)3-4-13-7-8-14-6-5-12-2/h6-14H2,1-5H3,(H,19,23);3-8H2,1-2H3,(H,10,11). The molecule has 230 valence electrons. The Balaban J connectivity index is 0. The molecule has 0 aliphatic carbocycles. The van der Waals surface area contributed by atoms with Crippen LogP contribution in [0.5, 0.6) is 0 Å². The molecule has 0 bridgehead atoms. The number of nitrogens with zero attached hydrogens (tertiary/aromatic N) is 1. The van der Waals surface area contributed by atoms with Crippen molar-refractivity contribution in [3.63, 3.8) is 0 Å². The molecule has 0 radical (unpaired) electrons. The summed E-state index contributed by atoms with van der Waals surface area (Å²) in [5, 5.41) is 5.20. The molecule has 0 heterocycles. The van der Waals surface area contributed by atoms with E-state index in [1.807, 2.05) is 0 Å². The maximum atomic E-state index is 12.3. The molecule has 39 heavy (non-hydrogen) atoms. The number of carbonyl (C=O) groups excluding carboxylic acids is 4. The predicted molar refractivity (Wildman–Crippen MR) is 148 cm³/mol. The first-order valence-electron chi connectivity index (χ1n) is 13.8. The molecule has 2 N–H and O–H groups in total. The molecule has 0 saturated carbocycles. The fraction of sp³-hybridized carbons (Fsp3) is 0.852. The van der Waals surface area contributed by atoms with Gasteiger partial charge in [0.15, 0.2) is 0 Å². The number of nitrogens with one attached hydrogen (secondary N) is 2. The zero-order valence-electron chi connectivity index (χ0n) is 25.2. The molecule has 12 heteroatoms. The third kappa shape index (κ3) is 28.4.